The number of amides is 1. The molecule has 0 aliphatic carbocycles. The predicted octanol–water partition coefficient (Wildman–Crippen LogP) is 0.618. The van der Waals surface area contributed by atoms with Crippen LogP contribution in [-0.4, -0.2) is 51.9 Å². The Morgan fingerprint density at radius 1 is 1.27 bits per heavy atom. The van der Waals surface area contributed by atoms with E-state index in [1.807, 2.05) is 0 Å². The summed E-state index contributed by atoms with van der Waals surface area (Å²) in [5.74, 6) is -0.0699. The number of halogens is 1. The molecule has 1 aliphatic heterocycles. The molecular formula is C14H20ClN3O3S. The van der Waals surface area contributed by atoms with Crippen LogP contribution in [0.4, 0.5) is 0 Å². The van der Waals surface area contributed by atoms with Gasteiger partial charge in [-0.1, -0.05) is 6.08 Å². The van der Waals surface area contributed by atoms with Crippen molar-refractivity contribution in [2.24, 2.45) is 0 Å². The normalized spacial score (nSPS) is 15.0. The summed E-state index contributed by atoms with van der Waals surface area (Å²) in [6.45, 7) is 6.53. The van der Waals surface area contributed by atoms with Crippen LogP contribution in [-0.2, 0) is 10.0 Å². The molecule has 1 aromatic rings. The lowest BCUT2D eigenvalue weighted by molar-refractivity contribution is 0.0735. The number of rotatable bonds is 5. The molecule has 1 amide bonds. The number of nitrogens with one attached hydrogen (secondary N) is 2. The van der Waals surface area contributed by atoms with E-state index in [1.165, 1.54) is 18.2 Å². The van der Waals surface area contributed by atoms with Gasteiger partial charge in [-0.3, -0.25) is 4.79 Å². The fourth-order valence-electron chi connectivity index (χ4n) is 2.08. The van der Waals surface area contributed by atoms with Crippen LogP contribution in [0.3, 0.4) is 0 Å². The summed E-state index contributed by atoms with van der Waals surface area (Å²) in [6.07, 6.45) is 1.47. The molecule has 0 unspecified atom stereocenters. The number of carbonyl (C=O) groups excluding carboxylic acids is 1. The number of sulfonamides is 1. The van der Waals surface area contributed by atoms with Crippen molar-refractivity contribution in [1.29, 1.82) is 0 Å². The minimum absolute atomic E-state index is 0. The summed E-state index contributed by atoms with van der Waals surface area (Å²) in [4.78, 5) is 14.2. The van der Waals surface area contributed by atoms with Crippen molar-refractivity contribution in [3.05, 3.63) is 42.5 Å². The van der Waals surface area contributed by atoms with E-state index < -0.39 is 10.0 Å². The first-order valence-electron chi connectivity index (χ1n) is 6.75. The van der Waals surface area contributed by atoms with E-state index in [0.717, 1.165) is 13.1 Å². The zero-order valence-corrected chi connectivity index (χ0v) is 13.8. The van der Waals surface area contributed by atoms with Gasteiger partial charge >= 0.3 is 0 Å². The molecule has 2 N–H and O–H groups in total. The summed E-state index contributed by atoms with van der Waals surface area (Å²) in [7, 11) is -3.55. The van der Waals surface area contributed by atoms with Gasteiger partial charge in [-0.25, -0.2) is 13.1 Å². The van der Waals surface area contributed by atoms with Crippen molar-refractivity contribution < 1.29 is 13.2 Å². The Hall–Kier alpha value is -1.41. The van der Waals surface area contributed by atoms with Crippen molar-refractivity contribution in [2.45, 2.75) is 4.90 Å². The van der Waals surface area contributed by atoms with Crippen LogP contribution in [0.25, 0.3) is 0 Å². The van der Waals surface area contributed by atoms with Crippen molar-refractivity contribution in [2.75, 3.05) is 32.7 Å². The van der Waals surface area contributed by atoms with E-state index in [9.17, 15) is 13.2 Å². The van der Waals surface area contributed by atoms with Gasteiger partial charge in [-0.15, -0.1) is 19.0 Å². The monoisotopic (exact) mass is 345 g/mol. The summed E-state index contributed by atoms with van der Waals surface area (Å²) in [5, 5.41) is 3.18. The fraction of sp³-hybridized carbons (Fsp3) is 0.357. The molecule has 2 rings (SSSR count). The van der Waals surface area contributed by atoms with Gasteiger partial charge in [0.15, 0.2) is 0 Å². The summed E-state index contributed by atoms with van der Waals surface area (Å²) in [6, 6.07) is 5.99. The molecule has 8 heteroatoms. The van der Waals surface area contributed by atoms with Crippen LogP contribution in [0.15, 0.2) is 41.8 Å². The molecular weight excluding hydrogens is 326 g/mol. The maximum atomic E-state index is 12.3. The van der Waals surface area contributed by atoms with E-state index >= 15 is 0 Å². The largest absolute Gasteiger partial charge is 0.336 e. The lowest BCUT2D eigenvalue weighted by Gasteiger charge is -2.27. The van der Waals surface area contributed by atoms with Gasteiger partial charge in [-0.05, 0) is 24.3 Å². The van der Waals surface area contributed by atoms with Crippen molar-refractivity contribution in [3.8, 4) is 0 Å². The molecule has 1 aliphatic rings. The standard InChI is InChI=1S/C14H19N3O3S.ClH/c1-2-7-16-21(19,20)13-5-3-12(4-6-13)14(18)17-10-8-15-9-11-17;/h2-6,15-16H,1,7-11H2;1H. The van der Waals surface area contributed by atoms with Crippen LogP contribution in [0.5, 0.6) is 0 Å². The van der Waals surface area contributed by atoms with Gasteiger partial charge in [0.2, 0.25) is 10.0 Å². The lowest BCUT2D eigenvalue weighted by atomic mass is 10.2. The van der Waals surface area contributed by atoms with Gasteiger partial charge in [-0.2, -0.15) is 0 Å². The predicted molar refractivity (Wildman–Crippen MR) is 87.8 cm³/mol. The third kappa shape index (κ3) is 4.54. The van der Waals surface area contributed by atoms with E-state index in [1.54, 1.807) is 17.0 Å². The Balaban J connectivity index is 0.00000242. The van der Waals surface area contributed by atoms with Gasteiger partial charge in [0.25, 0.3) is 5.91 Å². The molecule has 1 heterocycles. The van der Waals surface area contributed by atoms with E-state index in [0.29, 0.717) is 18.7 Å². The first-order chi connectivity index (χ1) is 10.0. The molecule has 1 fully saturated rings. The average molecular weight is 346 g/mol. The third-order valence-corrected chi connectivity index (χ3v) is 4.67. The number of hydrogen-bond acceptors (Lipinski definition) is 4. The number of nitrogens with zero attached hydrogens (tertiary/aromatic N) is 1. The lowest BCUT2D eigenvalue weighted by Crippen LogP contribution is -2.46. The van der Waals surface area contributed by atoms with Crippen molar-refractivity contribution in [1.82, 2.24) is 14.9 Å². The molecule has 0 spiro atoms. The first-order valence-corrected chi connectivity index (χ1v) is 8.23. The summed E-state index contributed by atoms with van der Waals surface area (Å²) in [5.41, 5.74) is 0.500. The zero-order valence-electron chi connectivity index (χ0n) is 12.1. The highest BCUT2D eigenvalue weighted by Crippen LogP contribution is 2.12. The number of hydrogen-bond donors (Lipinski definition) is 2. The second-order valence-corrected chi connectivity index (χ2v) is 6.47. The third-order valence-electron chi connectivity index (χ3n) is 3.23. The van der Waals surface area contributed by atoms with Gasteiger partial charge in [0.05, 0.1) is 4.90 Å². The van der Waals surface area contributed by atoms with Gasteiger partial charge in [0, 0.05) is 38.3 Å². The number of piperazine rings is 1. The Labute approximate surface area is 137 Å². The molecule has 6 nitrogen and oxygen atoms in total. The fourth-order valence-corrected chi connectivity index (χ4v) is 3.08. The number of benzene rings is 1. The molecule has 0 aromatic heterocycles. The van der Waals surface area contributed by atoms with Crippen LogP contribution in [0, 0.1) is 0 Å². The molecule has 1 aromatic carbocycles. The van der Waals surface area contributed by atoms with Crippen LogP contribution in [0.1, 0.15) is 10.4 Å². The maximum Gasteiger partial charge on any atom is 0.253 e. The SMILES string of the molecule is C=CCNS(=O)(=O)c1ccc(C(=O)N2CCNCC2)cc1.Cl. The van der Waals surface area contributed by atoms with Crippen LogP contribution in [0.2, 0.25) is 0 Å². The highest BCUT2D eigenvalue weighted by molar-refractivity contribution is 7.89. The van der Waals surface area contributed by atoms with Crippen LogP contribution >= 0.6 is 12.4 Å². The van der Waals surface area contributed by atoms with Crippen LogP contribution < -0.4 is 10.0 Å². The van der Waals surface area contributed by atoms with Crippen molar-refractivity contribution in [3.63, 3.8) is 0 Å². The smallest absolute Gasteiger partial charge is 0.253 e. The first kappa shape index (κ1) is 18.6. The molecule has 22 heavy (non-hydrogen) atoms. The highest BCUT2D eigenvalue weighted by Gasteiger charge is 2.19. The Kier molecular flexibility index (Phi) is 7.02. The quantitative estimate of drug-likeness (QED) is 0.767. The van der Waals surface area contributed by atoms with Gasteiger partial charge < -0.3 is 10.2 Å². The van der Waals surface area contributed by atoms with E-state index in [4.69, 9.17) is 0 Å². The summed E-state index contributed by atoms with van der Waals surface area (Å²) >= 11 is 0. The van der Waals surface area contributed by atoms with Crippen molar-refractivity contribution >= 4 is 28.3 Å². The minimum atomic E-state index is -3.55. The molecule has 0 bridgehead atoms. The molecule has 122 valence electrons. The average Bonchev–Trinajstić information content (AvgIpc) is 2.53. The number of carbonyl (C=O) groups is 1. The second kappa shape index (κ2) is 8.28. The molecule has 0 radical (unpaired) electrons. The Bertz CT molecular complexity index is 611. The second-order valence-electron chi connectivity index (χ2n) is 4.71. The minimum Gasteiger partial charge on any atom is -0.336 e. The maximum absolute atomic E-state index is 12.3. The highest BCUT2D eigenvalue weighted by atomic mass is 35.5. The Morgan fingerprint density at radius 2 is 1.86 bits per heavy atom. The van der Waals surface area contributed by atoms with Gasteiger partial charge in [0.1, 0.15) is 0 Å². The van der Waals surface area contributed by atoms with E-state index in [2.05, 4.69) is 16.6 Å². The molecule has 1 saturated heterocycles. The molecule has 0 saturated carbocycles. The summed E-state index contributed by atoms with van der Waals surface area (Å²) < 4.78 is 26.2. The molecule has 0 atom stereocenters. The zero-order chi connectivity index (χ0) is 15.3. The topological polar surface area (TPSA) is 78.5 Å². The van der Waals surface area contributed by atoms with E-state index in [-0.39, 0.29) is 29.8 Å². The Morgan fingerprint density at radius 3 is 2.41 bits per heavy atom.